The Balaban J connectivity index is 1.97. The molecule has 0 bridgehead atoms. The van der Waals surface area contributed by atoms with Crippen molar-refractivity contribution in [2.45, 2.75) is 6.92 Å². The van der Waals surface area contributed by atoms with Gasteiger partial charge in [0.15, 0.2) is 0 Å². The topological polar surface area (TPSA) is 85.2 Å². The Morgan fingerprint density at radius 2 is 1.89 bits per heavy atom. The number of fused-ring (bicyclic) bond motifs is 2. The molecule has 0 aliphatic carbocycles. The number of benzene rings is 2. The molecule has 0 fully saturated rings. The Morgan fingerprint density at radius 3 is 2.63 bits per heavy atom. The van der Waals surface area contributed by atoms with E-state index < -0.39 is 5.63 Å². The van der Waals surface area contributed by atoms with Gasteiger partial charge in [0, 0.05) is 22.7 Å². The molecule has 0 aliphatic rings. The molecular formula is C21H14N2O4. The molecule has 0 radical (unpaired) electrons. The van der Waals surface area contributed by atoms with E-state index in [9.17, 15) is 14.9 Å². The zero-order valence-corrected chi connectivity index (χ0v) is 14.6. The van der Waals surface area contributed by atoms with Gasteiger partial charge in [-0.05, 0) is 60.3 Å². The van der Waals surface area contributed by atoms with E-state index in [-0.39, 0.29) is 11.1 Å². The molecule has 6 heteroatoms. The third-order valence-electron chi connectivity index (χ3n) is 4.65. The standard InChI is InChI=1S/C21H14N2O4/c1-12-17-10-14(3-6-19(17)27-21(25)18(12)11-22)23-8-7-13-9-15(26-2)4-5-16(13)20(23)24/h3-10H,1-2H3. The Bertz CT molecular complexity index is 1370. The van der Waals surface area contributed by atoms with E-state index in [0.717, 1.165) is 5.39 Å². The van der Waals surface area contributed by atoms with Gasteiger partial charge in [0.25, 0.3) is 5.56 Å². The first kappa shape index (κ1) is 16.6. The summed E-state index contributed by atoms with van der Waals surface area (Å²) in [5, 5.41) is 11.1. The number of hydrogen-bond acceptors (Lipinski definition) is 5. The summed E-state index contributed by atoms with van der Waals surface area (Å²) in [6.45, 7) is 1.69. The van der Waals surface area contributed by atoms with Crippen molar-refractivity contribution in [1.29, 1.82) is 5.26 Å². The van der Waals surface area contributed by atoms with E-state index in [1.165, 1.54) is 4.57 Å². The smallest absolute Gasteiger partial charge is 0.354 e. The van der Waals surface area contributed by atoms with Crippen LogP contribution in [0.5, 0.6) is 5.75 Å². The van der Waals surface area contributed by atoms with Crippen LogP contribution < -0.4 is 15.9 Å². The van der Waals surface area contributed by atoms with Crippen molar-refractivity contribution in [2.24, 2.45) is 0 Å². The number of pyridine rings is 1. The van der Waals surface area contributed by atoms with Crippen molar-refractivity contribution in [3.63, 3.8) is 0 Å². The minimum absolute atomic E-state index is 0.0300. The summed E-state index contributed by atoms with van der Waals surface area (Å²) in [4.78, 5) is 24.8. The van der Waals surface area contributed by atoms with Crippen LogP contribution in [0.4, 0.5) is 0 Å². The third-order valence-corrected chi connectivity index (χ3v) is 4.65. The second-order valence-electron chi connectivity index (χ2n) is 6.13. The first-order chi connectivity index (χ1) is 13.0. The SMILES string of the molecule is COc1ccc2c(=O)n(-c3ccc4oc(=O)c(C#N)c(C)c4c3)ccc2c1. The Morgan fingerprint density at radius 1 is 1.07 bits per heavy atom. The molecule has 0 amide bonds. The molecule has 0 saturated heterocycles. The van der Waals surface area contributed by atoms with Gasteiger partial charge in [0.2, 0.25) is 0 Å². The zero-order chi connectivity index (χ0) is 19.1. The first-order valence-electron chi connectivity index (χ1n) is 8.21. The van der Waals surface area contributed by atoms with Crippen LogP contribution in [0.3, 0.4) is 0 Å². The summed E-state index contributed by atoms with van der Waals surface area (Å²) < 4.78 is 11.9. The predicted molar refractivity (Wildman–Crippen MR) is 102 cm³/mol. The van der Waals surface area contributed by atoms with E-state index in [1.807, 2.05) is 12.1 Å². The number of nitriles is 1. The highest BCUT2D eigenvalue weighted by Crippen LogP contribution is 2.23. The number of aromatic nitrogens is 1. The molecule has 2 aromatic heterocycles. The monoisotopic (exact) mass is 358 g/mol. The molecule has 0 unspecified atom stereocenters. The second kappa shape index (κ2) is 6.15. The fourth-order valence-corrected chi connectivity index (χ4v) is 3.17. The highest BCUT2D eigenvalue weighted by molar-refractivity contribution is 5.85. The molecule has 6 nitrogen and oxygen atoms in total. The maximum atomic E-state index is 12.9. The van der Waals surface area contributed by atoms with Crippen molar-refractivity contribution >= 4 is 21.7 Å². The molecule has 27 heavy (non-hydrogen) atoms. The number of rotatable bonds is 2. The van der Waals surface area contributed by atoms with Crippen LogP contribution in [0, 0.1) is 18.3 Å². The second-order valence-corrected chi connectivity index (χ2v) is 6.13. The van der Waals surface area contributed by atoms with Gasteiger partial charge in [-0.1, -0.05) is 0 Å². The maximum absolute atomic E-state index is 12.9. The fourth-order valence-electron chi connectivity index (χ4n) is 3.17. The van der Waals surface area contributed by atoms with Crippen molar-refractivity contribution < 1.29 is 9.15 Å². The molecule has 4 rings (SSSR count). The van der Waals surface area contributed by atoms with E-state index in [2.05, 4.69) is 0 Å². The summed E-state index contributed by atoms with van der Waals surface area (Å²) in [5.74, 6) is 0.681. The van der Waals surface area contributed by atoms with Crippen LogP contribution in [0.1, 0.15) is 11.1 Å². The highest BCUT2D eigenvalue weighted by Gasteiger charge is 2.13. The van der Waals surface area contributed by atoms with Gasteiger partial charge in [0.05, 0.1) is 7.11 Å². The molecule has 0 aliphatic heterocycles. The number of nitrogens with zero attached hydrogens (tertiary/aromatic N) is 2. The molecule has 2 aromatic carbocycles. The normalized spacial score (nSPS) is 10.9. The summed E-state index contributed by atoms with van der Waals surface area (Å²) in [7, 11) is 1.58. The number of ether oxygens (including phenoxy) is 1. The van der Waals surface area contributed by atoms with Gasteiger partial charge < -0.3 is 9.15 Å². The van der Waals surface area contributed by atoms with Gasteiger partial charge in [-0.2, -0.15) is 5.26 Å². The summed E-state index contributed by atoms with van der Waals surface area (Å²) in [5.41, 5.74) is 0.656. The molecule has 0 N–H and O–H groups in total. The van der Waals surface area contributed by atoms with Crippen molar-refractivity contribution in [3.05, 3.63) is 80.6 Å². The van der Waals surface area contributed by atoms with Crippen molar-refractivity contribution in [3.8, 4) is 17.5 Å². The van der Waals surface area contributed by atoms with Crippen molar-refractivity contribution in [2.75, 3.05) is 7.11 Å². The van der Waals surface area contributed by atoms with E-state index >= 15 is 0 Å². The number of hydrogen-bond donors (Lipinski definition) is 0. The average molecular weight is 358 g/mol. The van der Waals surface area contributed by atoms with Gasteiger partial charge in [-0.3, -0.25) is 9.36 Å². The van der Waals surface area contributed by atoms with E-state index in [0.29, 0.717) is 33.4 Å². The van der Waals surface area contributed by atoms with Crippen molar-refractivity contribution in [1.82, 2.24) is 4.57 Å². The lowest BCUT2D eigenvalue weighted by Crippen LogP contribution is -2.17. The lowest BCUT2D eigenvalue weighted by Gasteiger charge is -2.10. The van der Waals surface area contributed by atoms with Crippen LogP contribution in [-0.4, -0.2) is 11.7 Å². The minimum atomic E-state index is -0.660. The summed E-state index contributed by atoms with van der Waals surface area (Å²) in [6, 6.07) is 14.1. The van der Waals surface area contributed by atoms with Crippen LogP contribution in [0.2, 0.25) is 0 Å². The predicted octanol–water partition coefficient (Wildman–Crippen LogP) is 3.29. The van der Waals surface area contributed by atoms with Gasteiger partial charge in [-0.15, -0.1) is 0 Å². The fraction of sp³-hybridized carbons (Fsp3) is 0.0952. The lowest BCUT2D eigenvalue weighted by molar-refractivity contribution is 0.415. The Labute approximate surface area is 153 Å². The molecule has 4 aromatic rings. The van der Waals surface area contributed by atoms with E-state index in [1.54, 1.807) is 56.6 Å². The largest absolute Gasteiger partial charge is 0.497 e. The molecular weight excluding hydrogens is 344 g/mol. The van der Waals surface area contributed by atoms with Crippen LogP contribution in [-0.2, 0) is 0 Å². The van der Waals surface area contributed by atoms with Gasteiger partial charge >= 0.3 is 5.63 Å². The van der Waals surface area contributed by atoms with Crippen LogP contribution in [0.25, 0.3) is 27.4 Å². The van der Waals surface area contributed by atoms with Crippen LogP contribution in [0.15, 0.2) is 62.7 Å². The number of aryl methyl sites for hydroxylation is 1. The molecule has 0 saturated carbocycles. The minimum Gasteiger partial charge on any atom is -0.497 e. The lowest BCUT2D eigenvalue weighted by atomic mass is 10.1. The molecule has 0 spiro atoms. The molecule has 0 atom stereocenters. The quantitative estimate of drug-likeness (QED) is 0.513. The summed E-state index contributed by atoms with van der Waals surface area (Å²) >= 11 is 0. The zero-order valence-electron chi connectivity index (χ0n) is 14.6. The maximum Gasteiger partial charge on any atom is 0.354 e. The Hall–Kier alpha value is -3.85. The summed E-state index contributed by atoms with van der Waals surface area (Å²) in [6.07, 6.45) is 1.69. The first-order valence-corrected chi connectivity index (χ1v) is 8.21. The Kier molecular flexibility index (Phi) is 3.78. The molecule has 2 heterocycles. The van der Waals surface area contributed by atoms with Crippen LogP contribution >= 0.6 is 0 Å². The van der Waals surface area contributed by atoms with Gasteiger partial charge in [-0.25, -0.2) is 4.79 Å². The highest BCUT2D eigenvalue weighted by atomic mass is 16.5. The average Bonchev–Trinajstić information content (AvgIpc) is 2.68. The van der Waals surface area contributed by atoms with E-state index in [4.69, 9.17) is 9.15 Å². The number of methoxy groups -OCH3 is 1. The third kappa shape index (κ3) is 2.57. The van der Waals surface area contributed by atoms with Gasteiger partial charge in [0.1, 0.15) is 23.0 Å². The molecule has 132 valence electrons.